The van der Waals surface area contributed by atoms with Crippen LogP contribution in [0.25, 0.3) is 5.69 Å². The topological polar surface area (TPSA) is 59.8 Å². The predicted octanol–water partition coefficient (Wildman–Crippen LogP) is 2.64. The van der Waals surface area contributed by atoms with Gasteiger partial charge in [-0.1, -0.05) is 37.5 Å². The first kappa shape index (κ1) is 13.8. The van der Waals surface area contributed by atoms with Crippen molar-refractivity contribution in [2.45, 2.75) is 45.1 Å². The average Bonchev–Trinajstić information content (AvgIpc) is 2.91. The number of nitrogens with one attached hydrogen (secondary N) is 1. The second-order valence-corrected chi connectivity index (χ2v) is 5.54. The highest BCUT2D eigenvalue weighted by Gasteiger charge is 2.20. The Morgan fingerprint density at radius 3 is 2.62 bits per heavy atom. The molecule has 0 saturated heterocycles. The zero-order valence-corrected chi connectivity index (χ0v) is 12.2. The first-order valence-corrected chi connectivity index (χ1v) is 7.54. The Morgan fingerprint density at radius 2 is 1.90 bits per heavy atom. The second-order valence-electron chi connectivity index (χ2n) is 5.54. The van der Waals surface area contributed by atoms with Gasteiger partial charge in [0.25, 0.3) is 5.91 Å². The van der Waals surface area contributed by atoms with Crippen LogP contribution in [0.4, 0.5) is 0 Å². The smallest absolute Gasteiger partial charge is 0.291 e. The molecule has 21 heavy (non-hydrogen) atoms. The molecule has 1 aliphatic carbocycles. The molecular weight excluding hydrogens is 264 g/mol. The number of hydrogen-bond acceptors (Lipinski definition) is 3. The van der Waals surface area contributed by atoms with Crippen molar-refractivity contribution >= 4 is 5.91 Å². The third-order valence-electron chi connectivity index (χ3n) is 3.91. The number of carbonyl (C=O) groups excluding carboxylic acids is 1. The molecule has 0 radical (unpaired) electrons. The highest BCUT2D eigenvalue weighted by atomic mass is 16.2. The Bertz CT molecular complexity index is 614. The minimum atomic E-state index is -0.167. The molecule has 0 bridgehead atoms. The van der Waals surface area contributed by atoms with Gasteiger partial charge >= 0.3 is 0 Å². The second kappa shape index (κ2) is 6.08. The highest BCUT2D eigenvalue weighted by Crippen LogP contribution is 2.17. The molecule has 1 aliphatic rings. The number of aryl methyl sites for hydroxylation is 1. The third-order valence-corrected chi connectivity index (χ3v) is 3.91. The van der Waals surface area contributed by atoms with E-state index in [2.05, 4.69) is 15.4 Å². The lowest BCUT2D eigenvalue weighted by Crippen LogP contribution is -2.36. The van der Waals surface area contributed by atoms with Gasteiger partial charge in [0.2, 0.25) is 5.82 Å². The Balaban J connectivity index is 1.75. The van der Waals surface area contributed by atoms with Gasteiger partial charge in [0, 0.05) is 6.04 Å². The first-order valence-electron chi connectivity index (χ1n) is 7.54. The van der Waals surface area contributed by atoms with E-state index >= 15 is 0 Å². The predicted molar refractivity (Wildman–Crippen MR) is 80.4 cm³/mol. The summed E-state index contributed by atoms with van der Waals surface area (Å²) in [6.45, 7) is 1.86. The van der Waals surface area contributed by atoms with E-state index in [1.807, 2.05) is 37.3 Å². The average molecular weight is 284 g/mol. The van der Waals surface area contributed by atoms with Crippen molar-refractivity contribution in [2.75, 3.05) is 0 Å². The fraction of sp³-hybridized carbons (Fsp3) is 0.438. The van der Waals surface area contributed by atoms with Gasteiger partial charge in [0.1, 0.15) is 5.82 Å². The number of amides is 1. The van der Waals surface area contributed by atoms with E-state index in [4.69, 9.17) is 0 Å². The lowest BCUT2D eigenvalue weighted by atomic mass is 9.95. The molecule has 0 aliphatic heterocycles. The number of benzene rings is 1. The fourth-order valence-corrected chi connectivity index (χ4v) is 2.80. The summed E-state index contributed by atoms with van der Waals surface area (Å²) < 4.78 is 1.70. The van der Waals surface area contributed by atoms with Crippen molar-refractivity contribution in [3.63, 3.8) is 0 Å². The molecule has 3 rings (SSSR count). The van der Waals surface area contributed by atoms with Crippen LogP contribution >= 0.6 is 0 Å². The Kier molecular flexibility index (Phi) is 3.99. The normalized spacial score (nSPS) is 15.9. The van der Waals surface area contributed by atoms with Crippen LogP contribution in [-0.4, -0.2) is 26.7 Å². The van der Waals surface area contributed by atoms with Crippen LogP contribution in [0.5, 0.6) is 0 Å². The van der Waals surface area contributed by atoms with Gasteiger partial charge in [0.15, 0.2) is 0 Å². The van der Waals surface area contributed by atoms with Gasteiger partial charge < -0.3 is 5.32 Å². The maximum atomic E-state index is 12.3. The van der Waals surface area contributed by atoms with Gasteiger partial charge in [0.05, 0.1) is 5.69 Å². The SMILES string of the molecule is Cc1nc(C(=O)NC2CCCCC2)nn1-c1ccccc1. The zero-order valence-electron chi connectivity index (χ0n) is 12.2. The Hall–Kier alpha value is -2.17. The number of para-hydroxylation sites is 1. The third kappa shape index (κ3) is 3.12. The molecule has 1 aromatic heterocycles. The lowest BCUT2D eigenvalue weighted by molar-refractivity contribution is 0.0917. The van der Waals surface area contributed by atoms with Crippen LogP contribution in [0.3, 0.4) is 0 Å². The quantitative estimate of drug-likeness (QED) is 0.942. The summed E-state index contributed by atoms with van der Waals surface area (Å²) in [6.07, 6.45) is 5.77. The van der Waals surface area contributed by atoms with Crippen LogP contribution < -0.4 is 5.32 Å². The lowest BCUT2D eigenvalue weighted by Gasteiger charge is -2.21. The molecule has 1 N–H and O–H groups in total. The van der Waals surface area contributed by atoms with Gasteiger partial charge in [-0.3, -0.25) is 4.79 Å². The first-order chi connectivity index (χ1) is 10.2. The molecule has 5 heteroatoms. The van der Waals surface area contributed by atoms with Crippen LogP contribution in [0.2, 0.25) is 0 Å². The number of nitrogens with zero attached hydrogens (tertiary/aromatic N) is 3. The molecular formula is C16H20N4O. The summed E-state index contributed by atoms with van der Waals surface area (Å²) in [5, 5.41) is 7.39. The maximum absolute atomic E-state index is 12.3. The van der Waals surface area contributed by atoms with Gasteiger partial charge in [-0.2, -0.15) is 0 Å². The number of rotatable bonds is 3. The molecule has 2 aromatic rings. The summed E-state index contributed by atoms with van der Waals surface area (Å²) in [7, 11) is 0. The van der Waals surface area contributed by atoms with Crippen LogP contribution in [0.1, 0.15) is 48.5 Å². The molecule has 0 spiro atoms. The summed E-state index contributed by atoms with van der Waals surface area (Å²) in [6, 6.07) is 10.0. The Labute approximate surface area is 124 Å². The standard InChI is InChI=1S/C16H20N4O/c1-12-17-15(16(21)18-13-8-4-2-5-9-13)19-20(12)14-10-6-3-7-11-14/h3,6-7,10-11,13H,2,4-5,8-9H2,1H3,(H,18,21). The van der Waals surface area contributed by atoms with E-state index in [0.29, 0.717) is 0 Å². The molecule has 1 aromatic carbocycles. The van der Waals surface area contributed by atoms with E-state index in [9.17, 15) is 4.79 Å². The molecule has 1 amide bonds. The maximum Gasteiger partial charge on any atom is 0.291 e. The minimum Gasteiger partial charge on any atom is -0.347 e. The fourth-order valence-electron chi connectivity index (χ4n) is 2.80. The summed E-state index contributed by atoms with van der Waals surface area (Å²) in [4.78, 5) is 16.6. The van der Waals surface area contributed by atoms with E-state index in [-0.39, 0.29) is 17.8 Å². The van der Waals surface area contributed by atoms with Crippen molar-refractivity contribution in [3.8, 4) is 5.69 Å². The molecule has 0 atom stereocenters. The van der Waals surface area contributed by atoms with E-state index in [0.717, 1.165) is 24.4 Å². The molecule has 0 unspecified atom stereocenters. The zero-order chi connectivity index (χ0) is 14.7. The molecule has 110 valence electrons. The van der Waals surface area contributed by atoms with Crippen molar-refractivity contribution in [2.24, 2.45) is 0 Å². The summed E-state index contributed by atoms with van der Waals surface area (Å²) >= 11 is 0. The monoisotopic (exact) mass is 284 g/mol. The van der Waals surface area contributed by atoms with Crippen molar-refractivity contribution in [1.29, 1.82) is 0 Å². The van der Waals surface area contributed by atoms with Crippen LogP contribution in [0, 0.1) is 6.92 Å². The van der Waals surface area contributed by atoms with Gasteiger partial charge in [-0.15, -0.1) is 5.10 Å². The largest absolute Gasteiger partial charge is 0.347 e. The highest BCUT2D eigenvalue weighted by molar-refractivity contribution is 5.90. The van der Waals surface area contributed by atoms with E-state index < -0.39 is 0 Å². The Morgan fingerprint density at radius 1 is 1.19 bits per heavy atom. The molecule has 1 saturated carbocycles. The van der Waals surface area contributed by atoms with Gasteiger partial charge in [-0.25, -0.2) is 9.67 Å². The van der Waals surface area contributed by atoms with Crippen molar-refractivity contribution in [1.82, 2.24) is 20.1 Å². The van der Waals surface area contributed by atoms with Crippen LogP contribution in [-0.2, 0) is 0 Å². The molecule has 1 fully saturated rings. The number of hydrogen-bond donors (Lipinski definition) is 1. The molecule has 1 heterocycles. The van der Waals surface area contributed by atoms with Gasteiger partial charge in [-0.05, 0) is 31.9 Å². The minimum absolute atomic E-state index is 0.167. The van der Waals surface area contributed by atoms with Crippen molar-refractivity contribution < 1.29 is 4.79 Å². The van der Waals surface area contributed by atoms with E-state index in [1.165, 1.54) is 19.3 Å². The van der Waals surface area contributed by atoms with Crippen LogP contribution in [0.15, 0.2) is 30.3 Å². The van der Waals surface area contributed by atoms with Crippen molar-refractivity contribution in [3.05, 3.63) is 42.0 Å². The molecule has 5 nitrogen and oxygen atoms in total. The van der Waals surface area contributed by atoms with E-state index in [1.54, 1.807) is 4.68 Å². The summed E-state index contributed by atoms with van der Waals surface area (Å²) in [5.41, 5.74) is 0.916. The summed E-state index contributed by atoms with van der Waals surface area (Å²) in [5.74, 6) is 0.802. The number of carbonyl (C=O) groups is 1. The number of aromatic nitrogens is 3.